The number of ether oxygens (including phenoxy) is 1. The zero-order valence-electron chi connectivity index (χ0n) is 23.5. The van der Waals surface area contributed by atoms with Crippen molar-refractivity contribution in [3.63, 3.8) is 0 Å². The molecule has 0 bridgehead atoms. The van der Waals surface area contributed by atoms with Crippen LogP contribution in [0, 0.1) is 0 Å². The van der Waals surface area contributed by atoms with Crippen LogP contribution in [0.15, 0.2) is 36.4 Å². The van der Waals surface area contributed by atoms with Gasteiger partial charge in [-0.25, -0.2) is 9.69 Å². The third-order valence-corrected chi connectivity index (χ3v) is 12.6. The molecule has 1 fully saturated rings. The Morgan fingerprint density at radius 3 is 1.95 bits per heavy atom. The predicted molar refractivity (Wildman–Crippen MR) is 158 cm³/mol. The first-order valence-electron chi connectivity index (χ1n) is 13.1. The summed E-state index contributed by atoms with van der Waals surface area (Å²) < 4.78 is 14.9. The molecule has 1 aliphatic heterocycles. The number of benzene rings is 2. The summed E-state index contributed by atoms with van der Waals surface area (Å²) in [4.78, 5) is 27.7. The molecule has 38 heavy (non-hydrogen) atoms. The standard InChI is InChI=1S/C29H38Cl2N2O4Si/c1-28(2,3)36-27(35)32-17-25(37-38(7,8)29(4,5)6)24(13-14-26(32)34)33-22-11-9-18(30)15-20(22)21-16-19(31)10-12-23(21)33/h9-12,15-16,24-25H,13-14,17H2,1-8H3/t24-,25-/m1/s1. The Bertz CT molecular complexity index is 1330. The second-order valence-corrected chi connectivity index (χ2v) is 18.3. The van der Waals surface area contributed by atoms with E-state index in [1.54, 1.807) is 20.8 Å². The minimum atomic E-state index is -2.30. The molecular weight excluding hydrogens is 539 g/mol. The lowest BCUT2D eigenvalue weighted by atomic mass is 10.1. The molecule has 1 aliphatic rings. The minimum absolute atomic E-state index is 0.0630. The number of imide groups is 1. The summed E-state index contributed by atoms with van der Waals surface area (Å²) in [6.07, 6.45) is -0.349. The van der Waals surface area contributed by atoms with E-state index in [1.807, 2.05) is 36.4 Å². The van der Waals surface area contributed by atoms with Gasteiger partial charge in [-0.3, -0.25) is 4.79 Å². The molecule has 0 spiro atoms. The number of amides is 2. The van der Waals surface area contributed by atoms with E-state index in [4.69, 9.17) is 32.4 Å². The van der Waals surface area contributed by atoms with Gasteiger partial charge < -0.3 is 13.7 Å². The number of carbonyl (C=O) groups is 2. The average Bonchev–Trinajstić information content (AvgIpc) is 2.97. The summed E-state index contributed by atoms with van der Waals surface area (Å²) in [5.74, 6) is -0.252. The van der Waals surface area contributed by atoms with Gasteiger partial charge in [0.05, 0.1) is 18.7 Å². The molecule has 2 heterocycles. The number of hydrogen-bond acceptors (Lipinski definition) is 4. The van der Waals surface area contributed by atoms with Gasteiger partial charge in [0.25, 0.3) is 0 Å². The van der Waals surface area contributed by atoms with Gasteiger partial charge in [0.15, 0.2) is 8.32 Å². The Balaban J connectivity index is 1.89. The van der Waals surface area contributed by atoms with Crippen molar-refractivity contribution in [3.05, 3.63) is 46.4 Å². The van der Waals surface area contributed by atoms with Crippen molar-refractivity contribution < 1.29 is 18.8 Å². The number of halogens is 2. The molecule has 0 aliphatic carbocycles. The van der Waals surface area contributed by atoms with E-state index >= 15 is 0 Å². The van der Waals surface area contributed by atoms with E-state index < -0.39 is 26.1 Å². The summed E-state index contributed by atoms with van der Waals surface area (Å²) in [7, 11) is -2.30. The Morgan fingerprint density at radius 1 is 0.947 bits per heavy atom. The SMILES string of the molecule is CC(C)(C)OC(=O)N1C[C@@H](O[Si](C)(C)C(C)(C)C)[C@H](n2c3ccc(Cl)cc3c3cc(Cl)ccc32)CCC1=O. The molecule has 0 radical (unpaired) electrons. The lowest BCUT2D eigenvalue weighted by molar-refractivity contribution is -0.130. The summed E-state index contributed by atoms with van der Waals surface area (Å²) >= 11 is 12.8. The highest BCUT2D eigenvalue weighted by Crippen LogP contribution is 2.43. The summed E-state index contributed by atoms with van der Waals surface area (Å²) in [5, 5.41) is 3.18. The molecule has 3 aromatic rings. The lowest BCUT2D eigenvalue weighted by Gasteiger charge is -2.42. The number of likely N-dealkylation sites (tertiary alicyclic amines) is 1. The Hall–Kier alpha value is -2.06. The lowest BCUT2D eigenvalue weighted by Crippen LogP contribution is -2.50. The van der Waals surface area contributed by atoms with Crippen LogP contribution in [0.25, 0.3) is 21.8 Å². The Morgan fingerprint density at radius 2 is 1.47 bits per heavy atom. The van der Waals surface area contributed by atoms with Crippen LogP contribution in [0.1, 0.15) is 60.4 Å². The first kappa shape index (κ1) is 28.9. The quantitative estimate of drug-likeness (QED) is 0.293. The van der Waals surface area contributed by atoms with Gasteiger partial charge in [-0.15, -0.1) is 0 Å². The predicted octanol–water partition coefficient (Wildman–Crippen LogP) is 8.59. The van der Waals surface area contributed by atoms with Gasteiger partial charge in [-0.2, -0.15) is 0 Å². The molecule has 9 heteroatoms. The van der Waals surface area contributed by atoms with Gasteiger partial charge >= 0.3 is 6.09 Å². The van der Waals surface area contributed by atoms with Gasteiger partial charge in [0, 0.05) is 38.3 Å². The van der Waals surface area contributed by atoms with Crippen LogP contribution in [-0.4, -0.2) is 48.0 Å². The molecule has 1 saturated heterocycles. The number of rotatable bonds is 3. The van der Waals surface area contributed by atoms with Crippen LogP contribution >= 0.6 is 23.2 Å². The number of aromatic nitrogens is 1. The van der Waals surface area contributed by atoms with Crippen LogP contribution in [0.5, 0.6) is 0 Å². The van der Waals surface area contributed by atoms with E-state index in [9.17, 15) is 9.59 Å². The maximum absolute atomic E-state index is 13.3. The number of fused-ring (bicyclic) bond motifs is 3. The van der Waals surface area contributed by atoms with E-state index in [2.05, 4.69) is 38.4 Å². The van der Waals surface area contributed by atoms with Crippen molar-refractivity contribution in [2.45, 2.75) is 90.3 Å². The first-order valence-corrected chi connectivity index (χ1v) is 16.7. The van der Waals surface area contributed by atoms with Crippen LogP contribution in [0.4, 0.5) is 4.79 Å². The molecule has 6 nitrogen and oxygen atoms in total. The average molecular weight is 578 g/mol. The second kappa shape index (κ2) is 10.2. The maximum atomic E-state index is 13.3. The van der Waals surface area contributed by atoms with Crippen molar-refractivity contribution in [3.8, 4) is 0 Å². The van der Waals surface area contributed by atoms with Crippen molar-refractivity contribution in [2.75, 3.05) is 6.54 Å². The first-order chi connectivity index (χ1) is 17.5. The number of hydrogen-bond donors (Lipinski definition) is 0. The monoisotopic (exact) mass is 576 g/mol. The normalized spacial score (nSPS) is 19.7. The largest absolute Gasteiger partial charge is 0.443 e. The van der Waals surface area contributed by atoms with Crippen LogP contribution in [0.3, 0.4) is 0 Å². The van der Waals surface area contributed by atoms with E-state index in [0.29, 0.717) is 16.5 Å². The molecule has 0 N–H and O–H groups in total. The molecule has 0 unspecified atom stereocenters. The van der Waals surface area contributed by atoms with E-state index in [1.165, 1.54) is 4.90 Å². The summed E-state index contributed by atoms with van der Waals surface area (Å²) in [6.45, 7) is 16.5. The van der Waals surface area contributed by atoms with Crippen LogP contribution in [-0.2, 0) is 14.0 Å². The van der Waals surface area contributed by atoms with E-state index in [0.717, 1.165) is 21.8 Å². The smallest absolute Gasteiger partial charge is 0.417 e. The molecule has 2 atom stereocenters. The number of carbonyl (C=O) groups excluding carboxylic acids is 2. The minimum Gasteiger partial charge on any atom is -0.443 e. The molecule has 0 saturated carbocycles. The number of nitrogens with zero attached hydrogens (tertiary/aromatic N) is 2. The molecular formula is C29H38Cl2N2O4Si. The van der Waals surface area contributed by atoms with Gasteiger partial charge in [-0.1, -0.05) is 44.0 Å². The van der Waals surface area contributed by atoms with Crippen LogP contribution < -0.4 is 0 Å². The highest BCUT2D eigenvalue weighted by Gasteiger charge is 2.45. The van der Waals surface area contributed by atoms with Crippen molar-refractivity contribution >= 4 is 65.3 Å². The summed E-state index contributed by atoms with van der Waals surface area (Å²) in [5.41, 5.74) is 1.25. The molecule has 4 rings (SSSR count). The van der Waals surface area contributed by atoms with E-state index in [-0.39, 0.29) is 30.0 Å². The Kier molecular flexibility index (Phi) is 7.73. The molecule has 2 amide bonds. The van der Waals surface area contributed by atoms with Gasteiger partial charge in [0.1, 0.15) is 5.60 Å². The Labute approximate surface area is 236 Å². The van der Waals surface area contributed by atoms with Crippen molar-refractivity contribution in [2.24, 2.45) is 0 Å². The topological polar surface area (TPSA) is 60.8 Å². The highest BCUT2D eigenvalue weighted by molar-refractivity contribution is 6.74. The zero-order valence-corrected chi connectivity index (χ0v) is 26.0. The molecule has 2 aromatic carbocycles. The molecule has 1 aromatic heterocycles. The molecule has 206 valence electrons. The summed E-state index contributed by atoms with van der Waals surface area (Å²) in [6, 6.07) is 11.5. The third-order valence-electron chi connectivity index (χ3n) is 7.67. The third kappa shape index (κ3) is 5.76. The highest BCUT2D eigenvalue weighted by atomic mass is 35.5. The fourth-order valence-electron chi connectivity index (χ4n) is 4.81. The van der Waals surface area contributed by atoms with Gasteiger partial charge in [0.2, 0.25) is 5.91 Å². The maximum Gasteiger partial charge on any atom is 0.417 e. The second-order valence-electron chi connectivity index (χ2n) is 12.7. The van der Waals surface area contributed by atoms with Crippen molar-refractivity contribution in [1.29, 1.82) is 0 Å². The van der Waals surface area contributed by atoms with Gasteiger partial charge in [-0.05, 0) is 81.7 Å². The zero-order chi connectivity index (χ0) is 28.2. The van der Waals surface area contributed by atoms with Crippen LogP contribution in [0.2, 0.25) is 28.2 Å². The fraction of sp³-hybridized carbons (Fsp3) is 0.517. The van der Waals surface area contributed by atoms with Crippen molar-refractivity contribution in [1.82, 2.24) is 9.47 Å². The fourth-order valence-corrected chi connectivity index (χ4v) is 6.50.